The Balaban J connectivity index is 2.15. The van der Waals surface area contributed by atoms with Crippen LogP contribution >= 0.6 is 39.1 Å². The molecule has 0 amide bonds. The number of alkyl halides is 1. The summed E-state index contributed by atoms with van der Waals surface area (Å²) < 4.78 is 0.952. The van der Waals surface area contributed by atoms with E-state index in [2.05, 4.69) is 40.2 Å². The van der Waals surface area contributed by atoms with Crippen molar-refractivity contribution < 1.29 is 0 Å². The zero-order valence-corrected chi connectivity index (χ0v) is 13.6. The van der Waals surface area contributed by atoms with E-state index in [4.69, 9.17) is 23.2 Å². The molecule has 0 radical (unpaired) electrons. The number of fused-ring (bicyclic) bond motifs is 1. The van der Waals surface area contributed by atoms with Crippen molar-refractivity contribution in [2.75, 3.05) is 0 Å². The van der Waals surface area contributed by atoms with Crippen LogP contribution in [0.4, 0.5) is 0 Å². The average molecular weight is 366 g/mol. The van der Waals surface area contributed by atoms with E-state index in [9.17, 15) is 0 Å². The van der Waals surface area contributed by atoms with Crippen LogP contribution in [0.1, 0.15) is 16.5 Å². The van der Waals surface area contributed by atoms with Crippen molar-refractivity contribution in [1.82, 2.24) is 0 Å². The molecule has 0 bridgehead atoms. The molecule has 3 aromatic carbocycles. The number of halogens is 3. The maximum Gasteiger partial charge on any atom is 0.0855 e. The van der Waals surface area contributed by atoms with Crippen molar-refractivity contribution in [1.29, 1.82) is 0 Å². The van der Waals surface area contributed by atoms with E-state index in [-0.39, 0.29) is 5.38 Å². The summed E-state index contributed by atoms with van der Waals surface area (Å²) in [6.45, 7) is 0. The second-order valence-electron chi connectivity index (χ2n) is 4.60. The molecular weight excluding hydrogens is 355 g/mol. The second kappa shape index (κ2) is 5.77. The van der Waals surface area contributed by atoms with Crippen LogP contribution in [0, 0.1) is 0 Å². The first kappa shape index (κ1) is 13.9. The summed E-state index contributed by atoms with van der Waals surface area (Å²) in [6.07, 6.45) is 0. The topological polar surface area (TPSA) is 0 Å². The predicted octanol–water partition coefficient (Wildman–Crippen LogP) is 6.58. The smallest absolute Gasteiger partial charge is 0.0855 e. The van der Waals surface area contributed by atoms with Gasteiger partial charge in [-0.15, -0.1) is 11.6 Å². The molecule has 0 nitrogen and oxygen atoms in total. The van der Waals surface area contributed by atoms with Crippen molar-refractivity contribution in [3.05, 3.63) is 81.3 Å². The van der Waals surface area contributed by atoms with E-state index in [0.717, 1.165) is 21.0 Å². The van der Waals surface area contributed by atoms with E-state index in [1.165, 1.54) is 5.39 Å². The Morgan fingerprint density at radius 3 is 2.40 bits per heavy atom. The summed E-state index contributed by atoms with van der Waals surface area (Å²) in [7, 11) is 0. The van der Waals surface area contributed by atoms with Gasteiger partial charge in [-0.25, -0.2) is 0 Å². The van der Waals surface area contributed by atoms with Gasteiger partial charge in [0.25, 0.3) is 0 Å². The third-order valence-corrected chi connectivity index (χ3v) is 4.62. The monoisotopic (exact) mass is 364 g/mol. The first-order valence-electron chi connectivity index (χ1n) is 6.23. The van der Waals surface area contributed by atoms with E-state index in [0.29, 0.717) is 5.02 Å². The van der Waals surface area contributed by atoms with Crippen LogP contribution in [-0.2, 0) is 0 Å². The van der Waals surface area contributed by atoms with Gasteiger partial charge in [0.1, 0.15) is 0 Å². The van der Waals surface area contributed by atoms with Gasteiger partial charge in [0.15, 0.2) is 0 Å². The number of hydrogen-bond acceptors (Lipinski definition) is 0. The van der Waals surface area contributed by atoms with Gasteiger partial charge in [-0.3, -0.25) is 0 Å². The predicted molar refractivity (Wildman–Crippen MR) is 90.8 cm³/mol. The maximum atomic E-state index is 6.67. The Morgan fingerprint density at radius 2 is 1.60 bits per heavy atom. The Bertz CT molecular complexity index is 763. The van der Waals surface area contributed by atoms with Crippen LogP contribution in [0.15, 0.2) is 65.1 Å². The summed E-state index contributed by atoms with van der Waals surface area (Å²) >= 11 is 16.4. The number of rotatable bonds is 2. The molecule has 3 aromatic rings. The molecule has 0 saturated carbocycles. The van der Waals surface area contributed by atoms with Gasteiger partial charge in [-0.2, -0.15) is 0 Å². The Kier molecular flexibility index (Phi) is 4.02. The van der Waals surface area contributed by atoms with Crippen LogP contribution in [0.3, 0.4) is 0 Å². The van der Waals surface area contributed by atoms with Gasteiger partial charge >= 0.3 is 0 Å². The number of hydrogen-bond donors (Lipinski definition) is 0. The van der Waals surface area contributed by atoms with Crippen LogP contribution < -0.4 is 0 Å². The third kappa shape index (κ3) is 2.58. The molecule has 0 aliphatic rings. The third-order valence-electron chi connectivity index (χ3n) is 3.33. The maximum absolute atomic E-state index is 6.67. The highest BCUT2D eigenvalue weighted by Gasteiger charge is 2.16. The molecule has 0 aliphatic heterocycles. The molecule has 3 rings (SSSR count). The van der Waals surface area contributed by atoms with Crippen LogP contribution in [0.5, 0.6) is 0 Å². The highest BCUT2D eigenvalue weighted by Crippen LogP contribution is 2.37. The molecule has 1 unspecified atom stereocenters. The lowest BCUT2D eigenvalue weighted by Gasteiger charge is -2.15. The van der Waals surface area contributed by atoms with Gasteiger partial charge in [0.2, 0.25) is 0 Å². The first-order chi connectivity index (χ1) is 9.66. The van der Waals surface area contributed by atoms with E-state index in [1.54, 1.807) is 0 Å². The zero-order valence-electron chi connectivity index (χ0n) is 10.5. The molecular formula is C17H11BrCl2. The molecule has 0 saturated heterocycles. The lowest BCUT2D eigenvalue weighted by Crippen LogP contribution is -1.95. The van der Waals surface area contributed by atoms with Gasteiger partial charge in [0, 0.05) is 9.50 Å². The molecule has 0 aromatic heterocycles. The Labute approximate surface area is 136 Å². The molecule has 100 valence electrons. The minimum atomic E-state index is -0.262. The van der Waals surface area contributed by atoms with Gasteiger partial charge in [-0.1, -0.05) is 76.1 Å². The average Bonchev–Trinajstić information content (AvgIpc) is 2.46. The van der Waals surface area contributed by atoms with Gasteiger partial charge < -0.3 is 0 Å². The lowest BCUT2D eigenvalue weighted by atomic mass is 9.98. The minimum absolute atomic E-state index is 0.262. The molecule has 20 heavy (non-hydrogen) atoms. The van der Waals surface area contributed by atoms with Crippen LogP contribution in [0.2, 0.25) is 5.02 Å². The van der Waals surface area contributed by atoms with Crippen molar-refractivity contribution in [2.24, 2.45) is 0 Å². The summed E-state index contributed by atoms with van der Waals surface area (Å²) in [4.78, 5) is 0. The summed E-state index contributed by atoms with van der Waals surface area (Å²) in [6, 6.07) is 20.2. The van der Waals surface area contributed by atoms with E-state index >= 15 is 0 Å². The minimum Gasteiger partial charge on any atom is -0.113 e. The Morgan fingerprint density at radius 1 is 0.850 bits per heavy atom. The van der Waals surface area contributed by atoms with Crippen molar-refractivity contribution in [3.63, 3.8) is 0 Å². The fourth-order valence-electron chi connectivity index (χ4n) is 2.35. The quantitative estimate of drug-likeness (QED) is 0.449. The molecule has 0 fully saturated rings. The standard InChI is InChI=1S/C17H11BrCl2/c18-12-8-9-15(16(19)10-12)17(20)14-7-3-5-11-4-1-2-6-13(11)14/h1-10,17H. The molecule has 0 N–H and O–H groups in total. The highest BCUT2D eigenvalue weighted by atomic mass is 79.9. The summed E-state index contributed by atoms with van der Waals surface area (Å²) in [5.41, 5.74) is 2.00. The molecule has 0 aliphatic carbocycles. The Hall–Kier alpha value is -1.02. The largest absolute Gasteiger partial charge is 0.113 e. The molecule has 0 spiro atoms. The molecule has 1 atom stereocenters. The molecule has 3 heteroatoms. The number of benzene rings is 3. The fraction of sp³-hybridized carbons (Fsp3) is 0.0588. The lowest BCUT2D eigenvalue weighted by molar-refractivity contribution is 1.16. The van der Waals surface area contributed by atoms with Crippen molar-refractivity contribution >= 4 is 49.9 Å². The summed E-state index contributed by atoms with van der Waals surface area (Å²) in [5.74, 6) is 0. The first-order valence-corrected chi connectivity index (χ1v) is 7.84. The highest BCUT2D eigenvalue weighted by molar-refractivity contribution is 9.10. The van der Waals surface area contributed by atoms with E-state index < -0.39 is 0 Å². The van der Waals surface area contributed by atoms with Crippen molar-refractivity contribution in [3.8, 4) is 0 Å². The van der Waals surface area contributed by atoms with Gasteiger partial charge in [-0.05, 0) is 34.0 Å². The van der Waals surface area contributed by atoms with Crippen molar-refractivity contribution in [2.45, 2.75) is 5.38 Å². The zero-order chi connectivity index (χ0) is 14.1. The fourth-order valence-corrected chi connectivity index (χ4v) is 3.57. The van der Waals surface area contributed by atoms with E-state index in [1.807, 2.05) is 36.4 Å². The normalized spacial score (nSPS) is 12.6. The summed E-state index contributed by atoms with van der Waals surface area (Å²) in [5, 5.41) is 2.76. The van der Waals surface area contributed by atoms with Crippen LogP contribution in [-0.4, -0.2) is 0 Å². The second-order valence-corrected chi connectivity index (χ2v) is 6.36. The van der Waals surface area contributed by atoms with Gasteiger partial charge in [0.05, 0.1) is 5.38 Å². The SMILES string of the molecule is Clc1cc(Br)ccc1C(Cl)c1cccc2ccccc12. The molecule has 0 heterocycles. The van der Waals surface area contributed by atoms with Crippen LogP contribution in [0.25, 0.3) is 10.8 Å².